The number of carbonyl (C=O) groups excluding carboxylic acids is 1. The van der Waals surface area contributed by atoms with Gasteiger partial charge in [0.2, 0.25) is 15.9 Å². The van der Waals surface area contributed by atoms with Crippen LogP contribution in [0, 0.1) is 0 Å². The van der Waals surface area contributed by atoms with E-state index in [1.54, 1.807) is 12.1 Å². The van der Waals surface area contributed by atoms with Crippen molar-refractivity contribution in [2.45, 2.75) is 30.3 Å². The molecule has 0 saturated carbocycles. The van der Waals surface area contributed by atoms with Crippen LogP contribution in [0.15, 0.2) is 29.2 Å². The van der Waals surface area contributed by atoms with Gasteiger partial charge in [0, 0.05) is 25.4 Å². The lowest BCUT2D eigenvalue weighted by Gasteiger charge is -2.11. The number of ether oxygens (including phenoxy) is 1. The zero-order chi connectivity index (χ0) is 16.0. The van der Waals surface area contributed by atoms with Crippen molar-refractivity contribution < 1.29 is 17.9 Å². The van der Waals surface area contributed by atoms with Gasteiger partial charge in [-0.05, 0) is 31.0 Å². The number of rotatable bonds is 7. The first-order chi connectivity index (χ1) is 10.5. The summed E-state index contributed by atoms with van der Waals surface area (Å²) in [5.41, 5.74) is 5.73. The van der Waals surface area contributed by atoms with Crippen LogP contribution < -0.4 is 15.8 Å². The summed E-state index contributed by atoms with van der Waals surface area (Å²) in [6.07, 6.45) is 2.09. The van der Waals surface area contributed by atoms with Gasteiger partial charge >= 0.3 is 0 Å². The Balaban J connectivity index is 0.00000264. The van der Waals surface area contributed by atoms with E-state index in [4.69, 9.17) is 10.5 Å². The Labute approximate surface area is 142 Å². The minimum atomic E-state index is -3.61. The molecule has 0 spiro atoms. The maximum absolute atomic E-state index is 12.0. The molecular weight excluding hydrogens is 342 g/mol. The van der Waals surface area contributed by atoms with Crippen LogP contribution in [0.5, 0.6) is 0 Å². The third-order valence-corrected chi connectivity index (χ3v) is 4.76. The first-order valence-corrected chi connectivity index (χ1v) is 8.71. The first-order valence-electron chi connectivity index (χ1n) is 7.22. The van der Waals surface area contributed by atoms with Gasteiger partial charge in [-0.3, -0.25) is 4.79 Å². The van der Waals surface area contributed by atoms with Gasteiger partial charge in [0.05, 0.1) is 17.4 Å². The Kier molecular flexibility index (Phi) is 7.93. The molecule has 0 radical (unpaired) electrons. The van der Waals surface area contributed by atoms with Crippen LogP contribution in [0.4, 0.5) is 5.69 Å². The second-order valence-corrected chi connectivity index (χ2v) is 6.87. The molecule has 1 aromatic carbocycles. The Hall–Kier alpha value is -1.19. The third-order valence-electron chi connectivity index (χ3n) is 3.30. The third kappa shape index (κ3) is 6.08. The standard InChI is InChI=1S/C14H21N3O4S.ClH/c15-6-7-16-22(19,20)13-5-1-3-11(9-13)17-14(18)10-12-4-2-8-21-12;/h1,3,5,9,12,16H,2,4,6-8,10,15H2,(H,17,18);1H. The first kappa shape index (κ1) is 19.9. The predicted octanol–water partition coefficient (Wildman–Crippen LogP) is 0.853. The van der Waals surface area contributed by atoms with Gasteiger partial charge < -0.3 is 15.8 Å². The fraction of sp³-hybridized carbons (Fsp3) is 0.500. The molecule has 7 nitrogen and oxygen atoms in total. The molecule has 1 saturated heterocycles. The number of nitrogens with two attached hydrogens (primary N) is 1. The summed E-state index contributed by atoms with van der Waals surface area (Å²) in [5, 5.41) is 2.70. The molecule has 0 aliphatic carbocycles. The lowest BCUT2D eigenvalue weighted by molar-refractivity contribution is -0.118. The summed E-state index contributed by atoms with van der Waals surface area (Å²) in [6.45, 7) is 1.08. The monoisotopic (exact) mass is 363 g/mol. The van der Waals surface area contributed by atoms with Crippen molar-refractivity contribution in [3.63, 3.8) is 0 Å². The Bertz CT molecular complexity index is 618. The maximum Gasteiger partial charge on any atom is 0.240 e. The molecule has 23 heavy (non-hydrogen) atoms. The van der Waals surface area contributed by atoms with Gasteiger partial charge in [-0.1, -0.05) is 6.07 Å². The number of benzene rings is 1. The van der Waals surface area contributed by atoms with Gasteiger partial charge in [-0.25, -0.2) is 13.1 Å². The molecule has 4 N–H and O–H groups in total. The normalized spacial score (nSPS) is 17.5. The summed E-state index contributed by atoms with van der Waals surface area (Å²) in [7, 11) is -3.61. The number of hydrogen-bond donors (Lipinski definition) is 3. The summed E-state index contributed by atoms with van der Waals surface area (Å²) in [5.74, 6) is -0.184. The molecule has 0 aromatic heterocycles. The largest absolute Gasteiger partial charge is 0.378 e. The molecule has 1 aliphatic heterocycles. The van der Waals surface area contributed by atoms with Crippen molar-refractivity contribution in [1.29, 1.82) is 0 Å². The molecule has 1 amide bonds. The van der Waals surface area contributed by atoms with E-state index >= 15 is 0 Å². The van der Waals surface area contributed by atoms with Crippen LogP contribution in [-0.2, 0) is 19.6 Å². The van der Waals surface area contributed by atoms with Gasteiger partial charge in [0.1, 0.15) is 0 Å². The molecule has 2 rings (SSSR count). The average molecular weight is 364 g/mol. The van der Waals surface area contributed by atoms with Gasteiger partial charge in [0.25, 0.3) is 0 Å². The van der Waals surface area contributed by atoms with Crippen molar-refractivity contribution in [3.8, 4) is 0 Å². The predicted molar refractivity (Wildman–Crippen MR) is 90.2 cm³/mol. The van der Waals surface area contributed by atoms with Crippen LogP contribution in [0.1, 0.15) is 19.3 Å². The highest BCUT2D eigenvalue weighted by Gasteiger charge is 2.19. The van der Waals surface area contributed by atoms with E-state index < -0.39 is 10.0 Å². The Morgan fingerprint density at radius 3 is 2.83 bits per heavy atom. The molecule has 130 valence electrons. The topological polar surface area (TPSA) is 111 Å². The molecule has 1 atom stereocenters. The Morgan fingerprint density at radius 2 is 2.17 bits per heavy atom. The SMILES string of the molecule is Cl.NCCNS(=O)(=O)c1cccc(NC(=O)CC2CCCO2)c1. The summed E-state index contributed by atoms with van der Waals surface area (Å²) >= 11 is 0. The average Bonchev–Trinajstić information content (AvgIpc) is 2.98. The van der Waals surface area contributed by atoms with Crippen molar-refractivity contribution in [1.82, 2.24) is 4.72 Å². The van der Waals surface area contributed by atoms with Crippen molar-refractivity contribution in [2.75, 3.05) is 25.0 Å². The number of halogens is 1. The number of anilines is 1. The molecule has 1 heterocycles. The van der Waals surface area contributed by atoms with Gasteiger partial charge in [-0.15, -0.1) is 12.4 Å². The van der Waals surface area contributed by atoms with E-state index in [0.717, 1.165) is 12.8 Å². The highest BCUT2D eigenvalue weighted by atomic mass is 35.5. The molecule has 1 aliphatic rings. The molecule has 1 unspecified atom stereocenters. The van der Waals surface area contributed by atoms with Crippen LogP contribution in [0.3, 0.4) is 0 Å². The number of hydrogen-bond acceptors (Lipinski definition) is 5. The van der Waals surface area contributed by atoms with Crippen molar-refractivity contribution >= 4 is 34.0 Å². The van der Waals surface area contributed by atoms with Crippen LogP contribution in [0.25, 0.3) is 0 Å². The second kappa shape index (κ2) is 9.19. The molecule has 0 bridgehead atoms. The molecule has 1 aromatic rings. The zero-order valence-electron chi connectivity index (χ0n) is 12.7. The number of sulfonamides is 1. The van der Waals surface area contributed by atoms with Crippen LogP contribution in [-0.4, -0.2) is 40.1 Å². The fourth-order valence-electron chi connectivity index (χ4n) is 2.24. The van der Waals surface area contributed by atoms with Gasteiger partial charge in [0.15, 0.2) is 0 Å². The lowest BCUT2D eigenvalue weighted by Crippen LogP contribution is -2.29. The maximum atomic E-state index is 12.0. The van der Waals surface area contributed by atoms with E-state index in [-0.39, 0.29) is 48.8 Å². The van der Waals surface area contributed by atoms with Crippen molar-refractivity contribution in [3.05, 3.63) is 24.3 Å². The molecule has 1 fully saturated rings. The quantitative estimate of drug-likeness (QED) is 0.665. The Morgan fingerprint density at radius 1 is 1.39 bits per heavy atom. The van der Waals surface area contributed by atoms with E-state index in [1.807, 2.05) is 0 Å². The summed E-state index contributed by atoms with van der Waals surface area (Å²) in [6, 6.07) is 6.12. The number of carbonyl (C=O) groups is 1. The molecule has 9 heteroatoms. The van der Waals surface area contributed by atoms with E-state index in [1.165, 1.54) is 12.1 Å². The smallest absolute Gasteiger partial charge is 0.240 e. The summed E-state index contributed by atoms with van der Waals surface area (Å²) < 4.78 is 31.8. The minimum Gasteiger partial charge on any atom is -0.378 e. The highest BCUT2D eigenvalue weighted by Crippen LogP contribution is 2.18. The molecular formula is C14H22ClN3O4S. The zero-order valence-corrected chi connectivity index (χ0v) is 14.3. The van der Waals surface area contributed by atoms with E-state index in [9.17, 15) is 13.2 Å². The summed E-state index contributed by atoms with van der Waals surface area (Å²) in [4.78, 5) is 12.0. The second-order valence-electron chi connectivity index (χ2n) is 5.10. The fourth-order valence-corrected chi connectivity index (χ4v) is 3.33. The highest BCUT2D eigenvalue weighted by molar-refractivity contribution is 7.89. The van der Waals surface area contributed by atoms with E-state index in [0.29, 0.717) is 12.3 Å². The van der Waals surface area contributed by atoms with Crippen molar-refractivity contribution in [2.24, 2.45) is 5.73 Å². The van der Waals surface area contributed by atoms with Crippen LogP contribution >= 0.6 is 12.4 Å². The number of amides is 1. The minimum absolute atomic E-state index is 0. The van der Waals surface area contributed by atoms with Gasteiger partial charge in [-0.2, -0.15) is 0 Å². The van der Waals surface area contributed by atoms with Crippen LogP contribution in [0.2, 0.25) is 0 Å². The number of nitrogens with one attached hydrogen (secondary N) is 2. The lowest BCUT2D eigenvalue weighted by atomic mass is 10.2. The van der Waals surface area contributed by atoms with E-state index in [2.05, 4.69) is 10.0 Å².